The van der Waals surface area contributed by atoms with Crippen molar-refractivity contribution in [3.63, 3.8) is 0 Å². The fourth-order valence-corrected chi connectivity index (χ4v) is 0.234. The molecule has 0 spiro atoms. The number of aliphatic carboxylic acids is 1. The van der Waals surface area contributed by atoms with Crippen molar-refractivity contribution in [1.29, 1.82) is 0 Å². The predicted octanol–water partition coefficient (Wildman–Crippen LogP) is 0.314. The van der Waals surface area contributed by atoms with Crippen LogP contribution in [-0.2, 0) is 14.3 Å². The van der Waals surface area contributed by atoms with E-state index in [2.05, 4.69) is 17.9 Å². The molecule has 0 radical (unpaired) electrons. The Morgan fingerprint density at radius 2 is 2.00 bits per heavy atom. The van der Waals surface area contributed by atoms with E-state index >= 15 is 0 Å². The molecule has 1 N–H and O–H groups in total. The zero-order valence-corrected chi connectivity index (χ0v) is 5.16. The van der Waals surface area contributed by atoms with Crippen LogP contribution in [0.25, 0.3) is 0 Å². The second-order valence-electron chi connectivity index (χ2n) is 1.36. The molecule has 0 aromatic heterocycles. The molecular weight excluding hydrogens is 136 g/mol. The van der Waals surface area contributed by atoms with Gasteiger partial charge in [-0.1, -0.05) is 13.2 Å². The van der Waals surface area contributed by atoms with Crippen molar-refractivity contribution in [2.24, 2.45) is 0 Å². The summed E-state index contributed by atoms with van der Waals surface area (Å²) >= 11 is 0. The minimum absolute atomic E-state index is 0.611. The lowest BCUT2D eigenvalue weighted by Crippen LogP contribution is -2.11. The second kappa shape index (κ2) is 3.45. The maximum absolute atomic E-state index is 10.4. The lowest BCUT2D eigenvalue weighted by atomic mass is 10.3. The molecule has 0 saturated carbocycles. The molecule has 0 fully saturated rings. The molecule has 0 rings (SSSR count). The van der Waals surface area contributed by atoms with Crippen LogP contribution in [0.3, 0.4) is 0 Å². The van der Waals surface area contributed by atoms with Gasteiger partial charge in [-0.2, -0.15) is 0 Å². The Morgan fingerprint density at radius 3 is 2.30 bits per heavy atom. The van der Waals surface area contributed by atoms with Crippen molar-refractivity contribution in [2.45, 2.75) is 0 Å². The quantitative estimate of drug-likeness (QED) is 0.202. The minimum Gasteiger partial charge on any atom is -0.477 e. The molecule has 0 aliphatic carbocycles. The van der Waals surface area contributed by atoms with Crippen LogP contribution in [0.5, 0.6) is 0 Å². The zero-order chi connectivity index (χ0) is 8.15. The molecular formula is C6H6O4. The fraction of sp³-hybridized carbons (Fsp3) is 0. The fourth-order valence-electron chi connectivity index (χ4n) is 0.234. The Labute approximate surface area is 57.4 Å². The van der Waals surface area contributed by atoms with Crippen LogP contribution < -0.4 is 0 Å². The van der Waals surface area contributed by atoms with Gasteiger partial charge in [-0.25, -0.2) is 9.59 Å². The van der Waals surface area contributed by atoms with Crippen molar-refractivity contribution in [2.75, 3.05) is 0 Å². The van der Waals surface area contributed by atoms with E-state index in [1.807, 2.05) is 0 Å². The average Bonchev–Trinajstić information content (AvgIpc) is 1.87. The van der Waals surface area contributed by atoms with Crippen LogP contribution in [0.4, 0.5) is 0 Å². The molecule has 0 aliphatic rings. The van der Waals surface area contributed by atoms with Gasteiger partial charge in [-0.05, 0) is 0 Å². The number of carboxylic acids is 1. The topological polar surface area (TPSA) is 63.6 Å². The standard InChI is InChI=1S/C6H6O4/c1-3-10-6(9)4(2)5(7)8/h3H,1-2H2,(H,7,8). The molecule has 0 saturated heterocycles. The smallest absolute Gasteiger partial charge is 0.349 e. The van der Waals surface area contributed by atoms with Gasteiger partial charge < -0.3 is 9.84 Å². The molecule has 54 valence electrons. The summed E-state index contributed by atoms with van der Waals surface area (Å²) in [6.07, 6.45) is 0.844. The minimum atomic E-state index is -1.40. The van der Waals surface area contributed by atoms with Gasteiger partial charge in [0.2, 0.25) is 0 Å². The van der Waals surface area contributed by atoms with Crippen LogP contribution >= 0.6 is 0 Å². The van der Waals surface area contributed by atoms with Crippen molar-refractivity contribution in [3.8, 4) is 0 Å². The van der Waals surface area contributed by atoms with E-state index in [4.69, 9.17) is 5.11 Å². The monoisotopic (exact) mass is 142 g/mol. The summed E-state index contributed by atoms with van der Waals surface area (Å²) in [5, 5.41) is 8.14. The third-order valence-electron chi connectivity index (χ3n) is 0.695. The summed E-state index contributed by atoms with van der Waals surface area (Å²) in [7, 11) is 0. The third kappa shape index (κ3) is 2.13. The van der Waals surface area contributed by atoms with E-state index in [1.54, 1.807) is 0 Å². The Morgan fingerprint density at radius 1 is 1.50 bits per heavy atom. The maximum atomic E-state index is 10.4. The molecule has 4 nitrogen and oxygen atoms in total. The molecule has 10 heavy (non-hydrogen) atoms. The summed E-state index contributed by atoms with van der Waals surface area (Å²) in [6, 6.07) is 0. The summed E-state index contributed by atoms with van der Waals surface area (Å²) in [6.45, 7) is 6.02. The van der Waals surface area contributed by atoms with Crippen molar-refractivity contribution >= 4 is 11.9 Å². The van der Waals surface area contributed by atoms with Crippen LogP contribution in [0.2, 0.25) is 0 Å². The highest BCUT2D eigenvalue weighted by atomic mass is 16.5. The molecule has 0 atom stereocenters. The van der Waals surface area contributed by atoms with Crippen molar-refractivity contribution in [3.05, 3.63) is 25.0 Å². The van der Waals surface area contributed by atoms with Crippen LogP contribution in [0.15, 0.2) is 25.0 Å². The van der Waals surface area contributed by atoms with Crippen molar-refractivity contribution < 1.29 is 19.4 Å². The summed E-state index contributed by atoms with van der Waals surface area (Å²) < 4.78 is 4.11. The Kier molecular flexibility index (Phi) is 2.90. The third-order valence-corrected chi connectivity index (χ3v) is 0.695. The van der Waals surface area contributed by atoms with Crippen LogP contribution in [0.1, 0.15) is 0 Å². The number of carbonyl (C=O) groups is 2. The maximum Gasteiger partial charge on any atom is 0.349 e. The van der Waals surface area contributed by atoms with Gasteiger partial charge in [-0.15, -0.1) is 0 Å². The average molecular weight is 142 g/mol. The van der Waals surface area contributed by atoms with E-state index in [1.165, 1.54) is 0 Å². The first-order valence-electron chi connectivity index (χ1n) is 2.33. The van der Waals surface area contributed by atoms with Gasteiger partial charge >= 0.3 is 11.9 Å². The summed E-state index contributed by atoms with van der Waals surface area (Å²) in [4.78, 5) is 20.4. The van der Waals surface area contributed by atoms with Gasteiger partial charge in [0, 0.05) is 0 Å². The molecule has 0 aromatic rings. The Balaban J connectivity index is 4.08. The predicted molar refractivity (Wildman–Crippen MR) is 33.1 cm³/mol. The molecule has 4 heteroatoms. The van der Waals surface area contributed by atoms with Gasteiger partial charge in [0.05, 0.1) is 6.26 Å². The molecule has 0 unspecified atom stereocenters. The number of rotatable bonds is 3. The summed E-state index contributed by atoms with van der Waals surface area (Å²) in [5.74, 6) is -2.39. The van der Waals surface area contributed by atoms with E-state index in [0.29, 0.717) is 0 Å². The zero-order valence-electron chi connectivity index (χ0n) is 5.16. The molecule has 0 aromatic carbocycles. The highest BCUT2D eigenvalue weighted by Gasteiger charge is 2.14. The van der Waals surface area contributed by atoms with Gasteiger partial charge in [0.15, 0.2) is 0 Å². The number of esters is 1. The largest absolute Gasteiger partial charge is 0.477 e. The van der Waals surface area contributed by atoms with E-state index in [0.717, 1.165) is 6.26 Å². The normalized spacial score (nSPS) is 8.00. The number of hydrogen-bond donors (Lipinski definition) is 1. The lowest BCUT2D eigenvalue weighted by molar-refractivity contribution is -0.140. The number of carbonyl (C=O) groups excluding carboxylic acids is 1. The SMILES string of the molecule is C=COC(=O)C(=C)C(=O)O. The first kappa shape index (κ1) is 8.42. The number of carboxylic acid groups (broad SMARTS) is 1. The lowest BCUT2D eigenvalue weighted by Gasteiger charge is -1.94. The first-order chi connectivity index (χ1) is 4.59. The van der Waals surface area contributed by atoms with E-state index in [9.17, 15) is 9.59 Å². The Bertz CT molecular complexity index is 192. The van der Waals surface area contributed by atoms with Gasteiger partial charge in [-0.3, -0.25) is 0 Å². The van der Waals surface area contributed by atoms with Gasteiger partial charge in [0.25, 0.3) is 0 Å². The first-order valence-corrected chi connectivity index (χ1v) is 2.33. The molecule has 0 aliphatic heterocycles. The second-order valence-corrected chi connectivity index (χ2v) is 1.36. The Hall–Kier alpha value is -1.58. The van der Waals surface area contributed by atoms with Crippen LogP contribution in [-0.4, -0.2) is 17.0 Å². The summed E-state index contributed by atoms with van der Waals surface area (Å²) in [5.41, 5.74) is -0.611. The van der Waals surface area contributed by atoms with Crippen LogP contribution in [0, 0.1) is 0 Å². The molecule has 0 amide bonds. The number of hydrogen-bond acceptors (Lipinski definition) is 3. The molecule has 0 bridgehead atoms. The highest BCUT2D eigenvalue weighted by Crippen LogP contribution is 1.93. The van der Waals surface area contributed by atoms with E-state index < -0.39 is 17.5 Å². The van der Waals surface area contributed by atoms with Crippen molar-refractivity contribution in [1.82, 2.24) is 0 Å². The van der Waals surface area contributed by atoms with E-state index in [-0.39, 0.29) is 0 Å². The number of ether oxygens (including phenoxy) is 1. The highest BCUT2D eigenvalue weighted by molar-refractivity contribution is 6.12. The molecule has 0 heterocycles. The van der Waals surface area contributed by atoms with Gasteiger partial charge in [0.1, 0.15) is 5.57 Å².